The summed E-state index contributed by atoms with van der Waals surface area (Å²) < 4.78 is 51.8. The molecule has 0 fully saturated rings. The molecule has 2 aromatic carbocycles. The van der Waals surface area contributed by atoms with Crippen LogP contribution in [-0.4, -0.2) is 36.8 Å². The molecule has 0 aromatic heterocycles. The first-order chi connectivity index (χ1) is 12.1. The van der Waals surface area contributed by atoms with Crippen molar-refractivity contribution in [3.63, 3.8) is 0 Å². The van der Waals surface area contributed by atoms with Crippen molar-refractivity contribution < 1.29 is 17.6 Å². The monoisotopic (exact) mass is 404 g/mol. The highest BCUT2D eigenvalue weighted by Gasteiger charge is 2.27. The fourth-order valence-corrected chi connectivity index (χ4v) is 3.22. The Kier molecular flexibility index (Phi) is 6.58. The zero-order chi connectivity index (χ0) is 19.5. The van der Waals surface area contributed by atoms with Crippen LogP contribution in [0.1, 0.15) is 11.1 Å². The van der Waals surface area contributed by atoms with E-state index >= 15 is 0 Å². The van der Waals surface area contributed by atoms with Crippen molar-refractivity contribution in [2.24, 2.45) is 4.99 Å². The molecule has 0 atom stereocenters. The summed E-state index contributed by atoms with van der Waals surface area (Å²) >= 11 is 6.81. The number of hydrogen-bond acceptors (Lipinski definition) is 2. The van der Waals surface area contributed by atoms with Crippen LogP contribution in [0.5, 0.6) is 0 Å². The Bertz CT molecular complexity index is 819. The molecule has 0 aliphatic carbocycles. The fraction of sp³-hybridized carbons (Fsp3) is 0.278. The van der Waals surface area contributed by atoms with E-state index in [1.165, 1.54) is 12.1 Å². The van der Waals surface area contributed by atoms with Gasteiger partial charge in [-0.15, -0.1) is 11.8 Å². The van der Waals surface area contributed by atoms with E-state index in [4.69, 9.17) is 11.6 Å². The first-order valence-corrected chi connectivity index (χ1v) is 8.95. The number of nitrogens with zero attached hydrogens (tertiary/aromatic N) is 2. The van der Waals surface area contributed by atoms with E-state index in [2.05, 4.69) is 4.99 Å². The van der Waals surface area contributed by atoms with E-state index in [9.17, 15) is 17.6 Å². The van der Waals surface area contributed by atoms with Gasteiger partial charge in [0.1, 0.15) is 17.3 Å². The number of hydrogen-bond donors (Lipinski definition) is 0. The molecule has 0 heterocycles. The smallest absolute Gasteiger partial charge is 0.362 e. The van der Waals surface area contributed by atoms with Crippen LogP contribution in [0.2, 0.25) is 5.02 Å². The van der Waals surface area contributed by atoms with Gasteiger partial charge < -0.3 is 4.90 Å². The van der Waals surface area contributed by atoms with Crippen molar-refractivity contribution in [1.29, 1.82) is 0 Å². The van der Waals surface area contributed by atoms with Gasteiger partial charge in [0.25, 0.3) is 0 Å². The Morgan fingerprint density at radius 3 is 2.42 bits per heavy atom. The molecule has 0 aliphatic heterocycles. The number of aliphatic imine (C=N–C) groups is 1. The summed E-state index contributed by atoms with van der Waals surface area (Å²) in [5.41, 5.74) is 0.993. The first kappa shape index (κ1) is 20.6. The first-order valence-electron chi connectivity index (χ1n) is 7.59. The topological polar surface area (TPSA) is 15.6 Å². The summed E-state index contributed by atoms with van der Waals surface area (Å²) in [5.74, 6) is -1.25. The molecule has 0 saturated heterocycles. The molecule has 0 aliphatic rings. The van der Waals surface area contributed by atoms with E-state index in [-0.39, 0.29) is 5.69 Å². The fourth-order valence-electron chi connectivity index (χ4n) is 2.20. The molecule has 0 bridgehead atoms. The van der Waals surface area contributed by atoms with Crippen LogP contribution >= 0.6 is 23.4 Å². The summed E-state index contributed by atoms with van der Waals surface area (Å²) in [7, 11) is 3.46. The highest BCUT2D eigenvalue weighted by molar-refractivity contribution is 7.99. The van der Waals surface area contributed by atoms with Crippen molar-refractivity contribution in [2.75, 3.05) is 19.8 Å². The molecule has 8 heteroatoms. The summed E-state index contributed by atoms with van der Waals surface area (Å²) in [6.45, 7) is 1.57. The lowest BCUT2D eigenvalue weighted by atomic mass is 10.2. The third-order valence-corrected chi connectivity index (χ3v) is 4.95. The largest absolute Gasteiger partial charge is 0.398 e. The number of rotatable bonds is 4. The van der Waals surface area contributed by atoms with Gasteiger partial charge in [0, 0.05) is 24.6 Å². The van der Waals surface area contributed by atoms with Gasteiger partial charge in [-0.1, -0.05) is 23.7 Å². The van der Waals surface area contributed by atoms with Crippen molar-refractivity contribution in [2.45, 2.75) is 18.0 Å². The molecule has 2 aromatic rings. The van der Waals surface area contributed by atoms with Crippen molar-refractivity contribution in [3.8, 4) is 0 Å². The van der Waals surface area contributed by atoms with E-state index in [1.54, 1.807) is 50.2 Å². The molecule has 140 valence electrons. The highest BCUT2D eigenvalue weighted by Crippen LogP contribution is 2.34. The van der Waals surface area contributed by atoms with Crippen molar-refractivity contribution in [3.05, 3.63) is 58.4 Å². The number of halogens is 5. The van der Waals surface area contributed by atoms with Crippen LogP contribution in [0.4, 0.5) is 23.2 Å². The third kappa shape index (κ3) is 5.38. The van der Waals surface area contributed by atoms with E-state index in [1.807, 2.05) is 0 Å². The van der Waals surface area contributed by atoms with Gasteiger partial charge in [-0.05, 0) is 36.8 Å². The molecule has 26 heavy (non-hydrogen) atoms. The van der Waals surface area contributed by atoms with Gasteiger partial charge in [0.2, 0.25) is 0 Å². The molecule has 0 N–H and O–H groups in total. The van der Waals surface area contributed by atoms with Crippen LogP contribution < -0.4 is 0 Å². The Hall–Kier alpha value is -1.73. The normalized spacial score (nSPS) is 12.4. The minimum Gasteiger partial charge on any atom is -0.362 e. The van der Waals surface area contributed by atoms with Crippen LogP contribution in [0.3, 0.4) is 0 Å². The van der Waals surface area contributed by atoms with Gasteiger partial charge in [0.05, 0.1) is 10.8 Å². The number of thioether (sulfide) groups is 1. The number of aryl methyl sites for hydroxylation is 1. The van der Waals surface area contributed by atoms with Crippen LogP contribution in [0.25, 0.3) is 0 Å². The maximum Gasteiger partial charge on any atom is 0.398 e. The quantitative estimate of drug-likeness (QED) is 0.265. The molecular formula is C18H17ClF4N2S. The minimum absolute atomic E-state index is 0.0381. The van der Waals surface area contributed by atoms with Gasteiger partial charge in [0.15, 0.2) is 0 Å². The van der Waals surface area contributed by atoms with E-state index in [0.717, 1.165) is 0 Å². The van der Waals surface area contributed by atoms with E-state index < -0.39 is 17.7 Å². The lowest BCUT2D eigenvalue weighted by Crippen LogP contribution is -2.23. The molecule has 0 saturated carbocycles. The maximum absolute atomic E-state index is 14.4. The predicted octanol–water partition coefficient (Wildman–Crippen LogP) is 6.08. The van der Waals surface area contributed by atoms with E-state index in [0.29, 0.717) is 38.6 Å². The molecule has 2 nitrogen and oxygen atoms in total. The minimum atomic E-state index is -4.30. The Morgan fingerprint density at radius 1 is 1.19 bits per heavy atom. The standard InChI is InChI=1S/C18H17ClF4N2S/c1-11-8-14(20)15(9-16(11)26-10-18(21,22)23)24-17(25(2)3)12-6-4-5-7-13(12)19/h4-9H,10H2,1-3H3. The number of amidine groups is 1. The molecular weight excluding hydrogens is 388 g/mol. The lowest BCUT2D eigenvalue weighted by molar-refractivity contribution is -0.105. The van der Waals surface area contributed by atoms with Gasteiger partial charge in [-0.3, -0.25) is 0 Å². The highest BCUT2D eigenvalue weighted by atomic mass is 35.5. The van der Waals surface area contributed by atoms with Crippen LogP contribution in [0.15, 0.2) is 46.3 Å². The number of benzene rings is 2. The van der Waals surface area contributed by atoms with Crippen molar-refractivity contribution in [1.82, 2.24) is 4.90 Å². The summed E-state index contributed by atoms with van der Waals surface area (Å²) in [4.78, 5) is 6.33. The summed E-state index contributed by atoms with van der Waals surface area (Å²) in [5, 5.41) is 0.444. The molecule has 0 amide bonds. The number of alkyl halides is 3. The van der Waals surface area contributed by atoms with Crippen molar-refractivity contribution >= 4 is 34.9 Å². The van der Waals surface area contributed by atoms with Gasteiger partial charge in [-0.25, -0.2) is 9.38 Å². The second-order valence-electron chi connectivity index (χ2n) is 5.78. The second-order valence-corrected chi connectivity index (χ2v) is 7.21. The molecule has 0 unspecified atom stereocenters. The van der Waals surface area contributed by atoms with Crippen LogP contribution in [0, 0.1) is 12.7 Å². The Labute approximate surface area is 158 Å². The summed E-state index contributed by atoms with van der Waals surface area (Å²) in [6, 6.07) is 9.49. The molecule has 2 rings (SSSR count). The van der Waals surface area contributed by atoms with Gasteiger partial charge >= 0.3 is 6.18 Å². The Balaban J connectivity index is 2.48. The maximum atomic E-state index is 14.4. The summed E-state index contributed by atoms with van der Waals surface area (Å²) in [6.07, 6.45) is -4.30. The molecule has 0 spiro atoms. The predicted molar refractivity (Wildman–Crippen MR) is 99.3 cm³/mol. The third-order valence-electron chi connectivity index (χ3n) is 3.40. The van der Waals surface area contributed by atoms with Gasteiger partial charge in [-0.2, -0.15) is 13.2 Å². The SMILES string of the molecule is Cc1cc(F)c(N=C(c2ccccc2Cl)N(C)C)cc1SCC(F)(F)F. The zero-order valence-corrected chi connectivity index (χ0v) is 15.9. The lowest BCUT2D eigenvalue weighted by Gasteiger charge is -2.18. The average molecular weight is 405 g/mol. The zero-order valence-electron chi connectivity index (χ0n) is 14.4. The van der Waals surface area contributed by atoms with Crippen LogP contribution in [-0.2, 0) is 0 Å². The average Bonchev–Trinajstić information content (AvgIpc) is 2.53. The second kappa shape index (κ2) is 8.31. The molecule has 0 radical (unpaired) electrons. The Morgan fingerprint density at radius 2 is 1.85 bits per heavy atom.